The molecule has 1 aliphatic rings. The second-order valence-corrected chi connectivity index (χ2v) is 7.69. The minimum atomic E-state index is -4.61. The summed E-state index contributed by atoms with van der Waals surface area (Å²) in [6, 6.07) is 13.6. The van der Waals surface area contributed by atoms with Crippen molar-refractivity contribution in [2.24, 2.45) is 0 Å². The normalized spacial score (nSPS) is 17.6. The molecule has 35 heavy (non-hydrogen) atoms. The summed E-state index contributed by atoms with van der Waals surface area (Å²) >= 11 is 0. The third-order valence-corrected chi connectivity index (χ3v) is 5.56. The maximum Gasteiger partial charge on any atom is 0.416 e. The Morgan fingerprint density at radius 2 is 1.60 bits per heavy atom. The number of aliphatic hydroxyl groups is 1. The molecule has 9 heteroatoms. The highest BCUT2D eigenvalue weighted by Crippen LogP contribution is 2.43. The molecule has 3 aromatic carbocycles. The molecule has 0 spiro atoms. The number of rotatable bonds is 5. The number of Topliss-reactive ketones (excluding diaryl/α,β-unsaturated/α-hetero) is 1. The smallest absolute Gasteiger partial charge is 0.416 e. The highest BCUT2D eigenvalue weighted by Gasteiger charge is 2.48. The first-order valence-electron chi connectivity index (χ1n) is 10.6. The number of benzene rings is 3. The molecule has 4 rings (SSSR count). The first-order chi connectivity index (χ1) is 16.6. The quantitative estimate of drug-likeness (QED) is 0.213. The van der Waals surface area contributed by atoms with E-state index >= 15 is 0 Å². The number of hydrogen-bond acceptors (Lipinski definition) is 4. The van der Waals surface area contributed by atoms with E-state index in [0.717, 1.165) is 35.2 Å². The second kappa shape index (κ2) is 9.25. The number of ether oxygens (including phenoxy) is 1. The number of hydrogen-bond donors (Lipinski definition) is 1. The molecule has 1 saturated heterocycles. The van der Waals surface area contributed by atoms with E-state index in [9.17, 15) is 32.3 Å². The number of halogens is 4. The van der Waals surface area contributed by atoms with Gasteiger partial charge < -0.3 is 9.84 Å². The van der Waals surface area contributed by atoms with Gasteiger partial charge in [0.15, 0.2) is 0 Å². The van der Waals surface area contributed by atoms with Crippen molar-refractivity contribution in [3.05, 3.63) is 101 Å². The van der Waals surface area contributed by atoms with Crippen LogP contribution in [0.4, 0.5) is 23.2 Å². The largest absolute Gasteiger partial charge is 0.507 e. The number of nitrogens with zero attached hydrogens (tertiary/aromatic N) is 1. The van der Waals surface area contributed by atoms with Crippen LogP contribution in [-0.2, 0) is 15.8 Å². The van der Waals surface area contributed by atoms with Gasteiger partial charge in [-0.25, -0.2) is 4.39 Å². The summed E-state index contributed by atoms with van der Waals surface area (Å²) in [4.78, 5) is 27.0. The lowest BCUT2D eigenvalue weighted by Crippen LogP contribution is -2.30. The molecule has 1 fully saturated rings. The Labute approximate surface area is 197 Å². The monoisotopic (exact) mass is 485 g/mol. The van der Waals surface area contributed by atoms with E-state index in [0.29, 0.717) is 12.4 Å². The number of carbonyl (C=O) groups is 2. The van der Waals surface area contributed by atoms with Crippen molar-refractivity contribution in [1.29, 1.82) is 0 Å². The van der Waals surface area contributed by atoms with Gasteiger partial charge in [-0.3, -0.25) is 14.5 Å². The molecule has 0 aliphatic carbocycles. The van der Waals surface area contributed by atoms with Crippen LogP contribution in [0.3, 0.4) is 0 Å². The summed E-state index contributed by atoms with van der Waals surface area (Å²) in [6.07, 6.45) is -4.61. The maximum absolute atomic E-state index is 14.9. The Morgan fingerprint density at radius 3 is 2.17 bits per heavy atom. The van der Waals surface area contributed by atoms with E-state index in [2.05, 4.69) is 0 Å². The van der Waals surface area contributed by atoms with E-state index < -0.39 is 41.0 Å². The predicted molar refractivity (Wildman–Crippen MR) is 120 cm³/mol. The fourth-order valence-corrected chi connectivity index (χ4v) is 3.93. The lowest BCUT2D eigenvalue weighted by molar-refractivity contribution is -0.137. The first kappa shape index (κ1) is 24.0. The fourth-order valence-electron chi connectivity index (χ4n) is 3.93. The van der Waals surface area contributed by atoms with Crippen LogP contribution >= 0.6 is 0 Å². The molecule has 180 valence electrons. The number of carbonyl (C=O) groups excluding carboxylic acids is 2. The van der Waals surface area contributed by atoms with Gasteiger partial charge >= 0.3 is 6.18 Å². The van der Waals surface area contributed by atoms with Gasteiger partial charge in [0.05, 0.1) is 23.8 Å². The molecule has 5 nitrogen and oxygen atoms in total. The van der Waals surface area contributed by atoms with Gasteiger partial charge in [-0.2, -0.15) is 13.2 Å². The van der Waals surface area contributed by atoms with Crippen LogP contribution in [0.5, 0.6) is 5.75 Å². The lowest BCUT2D eigenvalue weighted by Gasteiger charge is -2.26. The van der Waals surface area contributed by atoms with Gasteiger partial charge in [0, 0.05) is 16.8 Å². The van der Waals surface area contributed by atoms with Crippen LogP contribution in [0.2, 0.25) is 0 Å². The van der Waals surface area contributed by atoms with Crippen molar-refractivity contribution >= 4 is 23.1 Å². The molecule has 0 saturated carbocycles. The van der Waals surface area contributed by atoms with E-state index in [4.69, 9.17) is 4.74 Å². The van der Waals surface area contributed by atoms with Gasteiger partial charge in [-0.15, -0.1) is 0 Å². The second-order valence-electron chi connectivity index (χ2n) is 7.69. The van der Waals surface area contributed by atoms with Crippen LogP contribution in [0.1, 0.15) is 29.7 Å². The van der Waals surface area contributed by atoms with Gasteiger partial charge in [-0.1, -0.05) is 18.2 Å². The van der Waals surface area contributed by atoms with Crippen molar-refractivity contribution in [2.45, 2.75) is 19.1 Å². The molecule has 1 atom stereocenters. The Kier molecular flexibility index (Phi) is 6.34. The van der Waals surface area contributed by atoms with Gasteiger partial charge in [0.2, 0.25) is 0 Å². The standard InChI is InChI=1S/C26H19F4NO4/c1-2-35-18-13-7-15(8-14-18)23(32)21-22(19-5-3-4-6-20(19)27)31(25(34)24(21)33)17-11-9-16(10-12-17)26(28,29)30/h3-14,22,32H,2H2,1H3/b23-21+. The molecule has 1 aliphatic heterocycles. The zero-order valence-electron chi connectivity index (χ0n) is 18.3. The Bertz CT molecular complexity index is 1300. The van der Waals surface area contributed by atoms with Crippen LogP contribution in [0.25, 0.3) is 5.76 Å². The van der Waals surface area contributed by atoms with Crippen molar-refractivity contribution in [3.63, 3.8) is 0 Å². The Balaban J connectivity index is 1.88. The van der Waals surface area contributed by atoms with E-state index in [1.54, 1.807) is 19.1 Å². The predicted octanol–water partition coefficient (Wildman–Crippen LogP) is 5.87. The Morgan fingerprint density at radius 1 is 0.971 bits per heavy atom. The highest BCUT2D eigenvalue weighted by molar-refractivity contribution is 6.51. The summed E-state index contributed by atoms with van der Waals surface area (Å²) in [5.41, 5.74) is -1.31. The van der Waals surface area contributed by atoms with Crippen LogP contribution in [-0.4, -0.2) is 23.4 Å². The number of anilines is 1. The molecule has 0 radical (unpaired) electrons. The van der Waals surface area contributed by atoms with Crippen molar-refractivity contribution < 1.29 is 37.0 Å². The summed E-state index contributed by atoms with van der Waals surface area (Å²) < 4.78 is 59.3. The van der Waals surface area contributed by atoms with Crippen molar-refractivity contribution in [3.8, 4) is 5.75 Å². The first-order valence-corrected chi connectivity index (χ1v) is 10.6. The van der Waals surface area contributed by atoms with E-state index in [-0.39, 0.29) is 22.4 Å². The lowest BCUT2D eigenvalue weighted by atomic mass is 9.94. The number of amides is 1. The molecular formula is C26H19F4NO4. The molecule has 1 N–H and O–H groups in total. The third kappa shape index (κ3) is 4.49. The zero-order valence-corrected chi connectivity index (χ0v) is 18.3. The minimum absolute atomic E-state index is 0.0564. The molecule has 1 amide bonds. The molecule has 0 bridgehead atoms. The highest BCUT2D eigenvalue weighted by atomic mass is 19.4. The Hall–Kier alpha value is -4.14. The summed E-state index contributed by atoms with van der Waals surface area (Å²) in [7, 11) is 0. The van der Waals surface area contributed by atoms with Gasteiger partial charge in [-0.05, 0) is 61.5 Å². The fraction of sp³-hybridized carbons (Fsp3) is 0.154. The summed E-state index contributed by atoms with van der Waals surface area (Å²) in [6.45, 7) is 2.21. The van der Waals surface area contributed by atoms with Gasteiger partial charge in [0.25, 0.3) is 11.7 Å². The third-order valence-electron chi connectivity index (χ3n) is 5.56. The minimum Gasteiger partial charge on any atom is -0.507 e. The molecule has 1 unspecified atom stereocenters. The molecule has 0 aromatic heterocycles. The number of alkyl halides is 3. The topological polar surface area (TPSA) is 66.8 Å². The molecule has 1 heterocycles. The summed E-state index contributed by atoms with van der Waals surface area (Å²) in [5, 5.41) is 11.0. The molecule has 3 aromatic rings. The maximum atomic E-state index is 14.9. The van der Waals surface area contributed by atoms with E-state index in [1.807, 2.05) is 0 Å². The average molecular weight is 485 g/mol. The average Bonchev–Trinajstić information content (AvgIpc) is 3.09. The number of ketones is 1. The van der Waals surface area contributed by atoms with E-state index in [1.165, 1.54) is 30.3 Å². The zero-order chi connectivity index (χ0) is 25.3. The van der Waals surface area contributed by atoms with Crippen molar-refractivity contribution in [1.82, 2.24) is 0 Å². The van der Waals surface area contributed by atoms with Crippen LogP contribution in [0, 0.1) is 5.82 Å². The van der Waals surface area contributed by atoms with Crippen LogP contribution in [0.15, 0.2) is 78.4 Å². The van der Waals surface area contributed by atoms with Crippen molar-refractivity contribution in [2.75, 3.05) is 11.5 Å². The number of aliphatic hydroxyl groups excluding tert-OH is 1. The van der Waals surface area contributed by atoms with Crippen LogP contribution < -0.4 is 9.64 Å². The molecular weight excluding hydrogens is 466 g/mol. The summed E-state index contributed by atoms with van der Waals surface area (Å²) in [5.74, 6) is -2.99. The van der Waals surface area contributed by atoms with Gasteiger partial charge in [0.1, 0.15) is 17.3 Å². The SMILES string of the molecule is CCOc1ccc(/C(O)=C2\C(=O)C(=O)N(c3ccc(C(F)(F)F)cc3)C2c2ccccc2F)cc1.